The molecule has 72 valence electrons. The fourth-order valence-electron chi connectivity index (χ4n) is 1.42. The van der Waals surface area contributed by atoms with Gasteiger partial charge in [-0.1, -0.05) is 30.3 Å². The van der Waals surface area contributed by atoms with Crippen LogP contribution in [-0.4, -0.2) is 14.8 Å². The highest BCUT2D eigenvalue weighted by Gasteiger charge is 2.07. The first-order chi connectivity index (χ1) is 6.79. The Morgan fingerprint density at radius 2 is 2.07 bits per heavy atom. The maximum atomic E-state index is 5.11. The van der Waals surface area contributed by atoms with Gasteiger partial charge in [0, 0.05) is 0 Å². The van der Waals surface area contributed by atoms with Crippen molar-refractivity contribution in [3.05, 3.63) is 47.0 Å². The molecule has 0 amide bonds. The second kappa shape index (κ2) is 3.75. The van der Waals surface area contributed by atoms with Crippen LogP contribution in [0, 0.1) is 4.77 Å². The molecule has 0 aliphatic rings. The number of aromatic amines is 1. The van der Waals surface area contributed by atoms with Gasteiger partial charge >= 0.3 is 0 Å². The molecule has 1 atom stereocenters. The van der Waals surface area contributed by atoms with Crippen LogP contribution in [0.1, 0.15) is 18.5 Å². The lowest BCUT2D eigenvalue weighted by atomic mass is 10.1. The van der Waals surface area contributed by atoms with Gasteiger partial charge < -0.3 is 0 Å². The summed E-state index contributed by atoms with van der Waals surface area (Å²) in [7, 11) is 0. The third kappa shape index (κ3) is 1.61. The van der Waals surface area contributed by atoms with Gasteiger partial charge in [0.2, 0.25) is 0 Å². The van der Waals surface area contributed by atoms with E-state index in [0.717, 1.165) is 0 Å². The van der Waals surface area contributed by atoms with Gasteiger partial charge in [-0.05, 0) is 24.7 Å². The van der Waals surface area contributed by atoms with Crippen LogP contribution in [0.3, 0.4) is 0 Å². The van der Waals surface area contributed by atoms with Crippen LogP contribution in [-0.2, 0) is 0 Å². The monoisotopic (exact) mass is 205 g/mol. The zero-order valence-electron chi connectivity index (χ0n) is 7.84. The molecule has 0 saturated heterocycles. The van der Waals surface area contributed by atoms with E-state index in [0.29, 0.717) is 4.77 Å². The minimum atomic E-state index is 0.224. The van der Waals surface area contributed by atoms with Gasteiger partial charge in [-0.15, -0.1) is 0 Å². The van der Waals surface area contributed by atoms with Crippen molar-refractivity contribution in [2.45, 2.75) is 13.0 Å². The van der Waals surface area contributed by atoms with E-state index in [1.54, 1.807) is 6.33 Å². The maximum absolute atomic E-state index is 5.11. The smallest absolute Gasteiger partial charge is 0.195 e. The maximum Gasteiger partial charge on any atom is 0.195 e. The van der Waals surface area contributed by atoms with E-state index in [1.807, 2.05) is 22.8 Å². The van der Waals surface area contributed by atoms with Crippen LogP contribution < -0.4 is 0 Å². The molecule has 0 aliphatic carbocycles. The van der Waals surface area contributed by atoms with Crippen LogP contribution in [0.15, 0.2) is 36.7 Å². The van der Waals surface area contributed by atoms with Crippen molar-refractivity contribution in [2.24, 2.45) is 0 Å². The lowest BCUT2D eigenvalue weighted by Gasteiger charge is -2.12. The summed E-state index contributed by atoms with van der Waals surface area (Å²) in [5, 5.41) is 6.65. The predicted octanol–water partition coefficient (Wildman–Crippen LogP) is 2.55. The second-order valence-corrected chi connectivity index (χ2v) is 3.54. The molecule has 0 unspecified atom stereocenters. The molecule has 4 heteroatoms. The number of aromatic nitrogens is 3. The SMILES string of the molecule is C[C@H](c1ccccc1)n1cn[nH]c1=S. The summed E-state index contributed by atoms with van der Waals surface area (Å²) in [6, 6.07) is 10.4. The molecule has 14 heavy (non-hydrogen) atoms. The summed E-state index contributed by atoms with van der Waals surface area (Å²) in [6.45, 7) is 2.10. The average molecular weight is 205 g/mol. The summed E-state index contributed by atoms with van der Waals surface area (Å²) < 4.78 is 2.59. The summed E-state index contributed by atoms with van der Waals surface area (Å²) in [6.07, 6.45) is 1.72. The second-order valence-electron chi connectivity index (χ2n) is 3.16. The zero-order valence-corrected chi connectivity index (χ0v) is 8.66. The lowest BCUT2D eigenvalue weighted by Crippen LogP contribution is -2.05. The van der Waals surface area contributed by atoms with Gasteiger partial charge in [-0.3, -0.25) is 9.67 Å². The van der Waals surface area contributed by atoms with Crippen LogP contribution in [0.25, 0.3) is 0 Å². The van der Waals surface area contributed by atoms with Crippen LogP contribution in [0.4, 0.5) is 0 Å². The Balaban J connectivity index is 2.39. The number of nitrogens with zero attached hydrogens (tertiary/aromatic N) is 2. The quantitative estimate of drug-likeness (QED) is 0.764. The van der Waals surface area contributed by atoms with Gasteiger partial charge in [0.15, 0.2) is 4.77 Å². The number of rotatable bonds is 2. The molecule has 0 radical (unpaired) electrons. The highest BCUT2D eigenvalue weighted by atomic mass is 32.1. The molecule has 1 aromatic carbocycles. The van der Waals surface area contributed by atoms with Gasteiger partial charge in [0.25, 0.3) is 0 Å². The van der Waals surface area contributed by atoms with Crippen molar-refractivity contribution >= 4 is 12.2 Å². The van der Waals surface area contributed by atoms with Gasteiger partial charge in [-0.25, -0.2) is 0 Å². The number of nitrogens with one attached hydrogen (secondary N) is 1. The summed E-state index contributed by atoms with van der Waals surface area (Å²) in [4.78, 5) is 0. The Morgan fingerprint density at radius 3 is 2.64 bits per heavy atom. The van der Waals surface area contributed by atoms with Crippen molar-refractivity contribution in [3.63, 3.8) is 0 Å². The first kappa shape index (κ1) is 9.15. The third-order valence-electron chi connectivity index (χ3n) is 2.28. The van der Waals surface area contributed by atoms with Gasteiger partial charge in [0.05, 0.1) is 6.04 Å². The molecule has 0 bridgehead atoms. The first-order valence-electron chi connectivity index (χ1n) is 4.45. The normalized spacial score (nSPS) is 12.6. The molecule has 2 aromatic rings. The van der Waals surface area contributed by atoms with Crippen molar-refractivity contribution in [3.8, 4) is 0 Å². The van der Waals surface area contributed by atoms with E-state index in [4.69, 9.17) is 12.2 Å². The molecule has 2 rings (SSSR count). The van der Waals surface area contributed by atoms with Crippen LogP contribution >= 0.6 is 12.2 Å². The number of hydrogen-bond acceptors (Lipinski definition) is 2. The molecule has 1 N–H and O–H groups in total. The molecule has 0 fully saturated rings. The van der Waals surface area contributed by atoms with Crippen molar-refractivity contribution in [2.75, 3.05) is 0 Å². The van der Waals surface area contributed by atoms with Crippen molar-refractivity contribution in [1.29, 1.82) is 0 Å². The number of benzene rings is 1. The minimum Gasteiger partial charge on any atom is -0.299 e. The Bertz CT molecular complexity index is 457. The fourth-order valence-corrected chi connectivity index (χ4v) is 1.68. The summed E-state index contributed by atoms with van der Waals surface area (Å²) >= 11 is 5.11. The van der Waals surface area contributed by atoms with Gasteiger partial charge in [0.1, 0.15) is 6.33 Å². The van der Waals surface area contributed by atoms with Crippen molar-refractivity contribution in [1.82, 2.24) is 14.8 Å². The largest absolute Gasteiger partial charge is 0.299 e. The first-order valence-corrected chi connectivity index (χ1v) is 4.86. The Kier molecular flexibility index (Phi) is 2.45. The topological polar surface area (TPSA) is 33.6 Å². The molecule has 1 heterocycles. The van der Waals surface area contributed by atoms with E-state index >= 15 is 0 Å². The fraction of sp³-hybridized carbons (Fsp3) is 0.200. The van der Waals surface area contributed by atoms with E-state index in [1.165, 1.54) is 5.56 Å². The predicted molar refractivity (Wildman–Crippen MR) is 57.7 cm³/mol. The molecule has 0 spiro atoms. The standard InChI is InChI=1S/C10H11N3S/c1-8(9-5-3-2-4-6-9)13-7-11-12-10(13)14/h2-8H,1H3,(H,12,14)/t8-/m1/s1. The molecule has 0 saturated carbocycles. The molecule has 1 aromatic heterocycles. The Morgan fingerprint density at radius 1 is 1.36 bits per heavy atom. The highest BCUT2D eigenvalue weighted by Crippen LogP contribution is 2.16. The minimum absolute atomic E-state index is 0.224. The Hall–Kier alpha value is -1.42. The molecule has 0 aliphatic heterocycles. The van der Waals surface area contributed by atoms with Gasteiger partial charge in [-0.2, -0.15) is 5.10 Å². The Labute approximate surface area is 87.4 Å². The highest BCUT2D eigenvalue weighted by molar-refractivity contribution is 7.71. The van der Waals surface area contributed by atoms with E-state index in [2.05, 4.69) is 29.3 Å². The zero-order chi connectivity index (χ0) is 9.97. The van der Waals surface area contributed by atoms with Crippen LogP contribution in [0.2, 0.25) is 0 Å². The molecular formula is C10H11N3S. The third-order valence-corrected chi connectivity index (χ3v) is 2.58. The number of H-pyrrole nitrogens is 1. The van der Waals surface area contributed by atoms with E-state index in [9.17, 15) is 0 Å². The molecule has 3 nitrogen and oxygen atoms in total. The van der Waals surface area contributed by atoms with Crippen LogP contribution in [0.5, 0.6) is 0 Å². The van der Waals surface area contributed by atoms with Crippen molar-refractivity contribution < 1.29 is 0 Å². The lowest BCUT2D eigenvalue weighted by molar-refractivity contribution is 0.628. The summed E-state index contributed by atoms with van der Waals surface area (Å²) in [5.41, 5.74) is 1.23. The average Bonchev–Trinajstić information content (AvgIpc) is 2.65. The molecular weight excluding hydrogens is 194 g/mol. The number of hydrogen-bond donors (Lipinski definition) is 1. The van der Waals surface area contributed by atoms with E-state index < -0.39 is 0 Å². The summed E-state index contributed by atoms with van der Waals surface area (Å²) in [5.74, 6) is 0. The van der Waals surface area contributed by atoms with E-state index in [-0.39, 0.29) is 6.04 Å².